The highest BCUT2D eigenvalue weighted by Crippen LogP contribution is 2.39. The van der Waals surface area contributed by atoms with E-state index in [1.165, 1.54) is 24.3 Å². The third-order valence-electron chi connectivity index (χ3n) is 4.91. The maximum Gasteiger partial charge on any atom is 0.269 e. The third-order valence-corrected chi connectivity index (χ3v) is 4.91. The van der Waals surface area contributed by atoms with Gasteiger partial charge in [-0.2, -0.15) is 5.11 Å². The molecule has 0 radical (unpaired) electrons. The average molecular weight is 442 g/mol. The molecule has 0 atom stereocenters. The van der Waals surface area contributed by atoms with E-state index in [1.807, 2.05) is 6.07 Å². The zero-order valence-corrected chi connectivity index (χ0v) is 17.4. The number of rotatable bonds is 6. The number of hydrogen-bond donors (Lipinski definition) is 2. The highest BCUT2D eigenvalue weighted by atomic mass is 16.6. The molecule has 0 saturated heterocycles. The van der Waals surface area contributed by atoms with Crippen LogP contribution in [-0.4, -0.2) is 23.0 Å². The lowest BCUT2D eigenvalue weighted by molar-refractivity contribution is -0.384. The predicted molar refractivity (Wildman–Crippen MR) is 124 cm³/mol. The van der Waals surface area contributed by atoms with Gasteiger partial charge >= 0.3 is 0 Å². The molecule has 0 heterocycles. The molecule has 0 aromatic heterocycles. The summed E-state index contributed by atoms with van der Waals surface area (Å²) in [4.78, 5) is 23.2. The molecule has 164 valence electrons. The van der Waals surface area contributed by atoms with E-state index in [1.54, 1.807) is 55.6 Å². The van der Waals surface area contributed by atoms with Gasteiger partial charge in [0.15, 0.2) is 5.75 Å². The number of anilines is 1. The Morgan fingerprint density at radius 3 is 2.36 bits per heavy atom. The first kappa shape index (κ1) is 21.4. The maximum absolute atomic E-state index is 12.9. The van der Waals surface area contributed by atoms with Gasteiger partial charge in [0.2, 0.25) is 0 Å². The quantitative estimate of drug-likeness (QED) is 0.211. The molecule has 9 nitrogen and oxygen atoms in total. The van der Waals surface area contributed by atoms with E-state index in [-0.39, 0.29) is 22.7 Å². The van der Waals surface area contributed by atoms with Crippen molar-refractivity contribution in [3.63, 3.8) is 0 Å². The minimum absolute atomic E-state index is 0.0298. The van der Waals surface area contributed by atoms with Crippen LogP contribution >= 0.6 is 0 Å². The highest BCUT2D eigenvalue weighted by molar-refractivity contribution is 6.11. The zero-order chi connectivity index (χ0) is 23.4. The molecule has 1 amide bonds. The summed E-state index contributed by atoms with van der Waals surface area (Å²) >= 11 is 0. The maximum atomic E-state index is 12.9. The minimum atomic E-state index is -0.518. The lowest BCUT2D eigenvalue weighted by Gasteiger charge is -2.11. The van der Waals surface area contributed by atoms with Gasteiger partial charge in [-0.25, -0.2) is 0 Å². The van der Waals surface area contributed by atoms with Crippen molar-refractivity contribution in [2.45, 2.75) is 0 Å². The molecule has 9 heteroatoms. The Morgan fingerprint density at radius 1 is 1.00 bits per heavy atom. The molecule has 33 heavy (non-hydrogen) atoms. The topological polar surface area (TPSA) is 126 Å². The fourth-order valence-electron chi connectivity index (χ4n) is 3.21. The third kappa shape index (κ3) is 4.62. The molecule has 4 aromatic carbocycles. The molecule has 0 unspecified atom stereocenters. The van der Waals surface area contributed by atoms with Gasteiger partial charge in [-0.3, -0.25) is 14.9 Å². The van der Waals surface area contributed by atoms with Crippen LogP contribution in [0.1, 0.15) is 10.4 Å². The first-order valence-corrected chi connectivity index (χ1v) is 9.82. The van der Waals surface area contributed by atoms with E-state index in [4.69, 9.17) is 4.74 Å². The van der Waals surface area contributed by atoms with Crippen molar-refractivity contribution < 1.29 is 19.6 Å². The first-order valence-electron chi connectivity index (χ1n) is 9.82. The number of nitro groups is 1. The van der Waals surface area contributed by atoms with E-state index in [0.717, 1.165) is 0 Å². The summed E-state index contributed by atoms with van der Waals surface area (Å²) in [5.41, 5.74) is 0.965. The van der Waals surface area contributed by atoms with Crippen molar-refractivity contribution in [2.24, 2.45) is 10.2 Å². The number of benzene rings is 4. The van der Waals surface area contributed by atoms with Crippen molar-refractivity contribution in [3.05, 3.63) is 94.5 Å². The van der Waals surface area contributed by atoms with E-state index < -0.39 is 10.8 Å². The smallest absolute Gasteiger partial charge is 0.269 e. The van der Waals surface area contributed by atoms with Crippen LogP contribution in [0.3, 0.4) is 0 Å². The zero-order valence-electron chi connectivity index (χ0n) is 17.4. The van der Waals surface area contributed by atoms with Crippen molar-refractivity contribution in [3.8, 4) is 11.5 Å². The molecule has 0 fully saturated rings. The van der Waals surface area contributed by atoms with Gasteiger partial charge in [-0.15, -0.1) is 5.11 Å². The molecule has 0 aliphatic heterocycles. The fraction of sp³-hybridized carbons (Fsp3) is 0.0417. The average Bonchev–Trinajstić information content (AvgIpc) is 2.83. The molecule has 4 aromatic rings. The summed E-state index contributed by atoms with van der Waals surface area (Å²) in [6, 6.07) is 21.0. The summed E-state index contributed by atoms with van der Waals surface area (Å²) in [6.45, 7) is 0. The number of aromatic hydroxyl groups is 1. The lowest BCUT2D eigenvalue weighted by Crippen LogP contribution is -2.12. The number of phenolic OH excluding ortho intramolecular Hbond substituents is 1. The van der Waals surface area contributed by atoms with Crippen LogP contribution in [0.25, 0.3) is 10.8 Å². The van der Waals surface area contributed by atoms with E-state index in [0.29, 0.717) is 27.9 Å². The lowest BCUT2D eigenvalue weighted by atomic mass is 10.0. The number of non-ortho nitro benzene ring substituents is 1. The Kier molecular flexibility index (Phi) is 5.94. The Hall–Kier alpha value is -4.79. The summed E-state index contributed by atoms with van der Waals surface area (Å²) in [5, 5.41) is 34.0. The normalized spacial score (nSPS) is 10.9. The van der Waals surface area contributed by atoms with Gasteiger partial charge in [-0.05, 0) is 47.9 Å². The van der Waals surface area contributed by atoms with Crippen LogP contribution < -0.4 is 10.1 Å². The number of nitrogens with zero attached hydrogens (tertiary/aromatic N) is 3. The molecule has 0 aliphatic carbocycles. The van der Waals surface area contributed by atoms with Crippen LogP contribution in [-0.2, 0) is 0 Å². The SMILES string of the molecule is COc1ccc(NC(=O)c2cc3ccccc3c(N=Nc3ccc([N+](=O)[O-])cc3)c2O)cc1. The van der Waals surface area contributed by atoms with E-state index >= 15 is 0 Å². The van der Waals surface area contributed by atoms with Gasteiger partial charge in [0.25, 0.3) is 11.6 Å². The van der Waals surface area contributed by atoms with Gasteiger partial charge in [0.05, 0.1) is 23.3 Å². The number of carbonyl (C=O) groups is 1. The summed E-state index contributed by atoms with van der Waals surface area (Å²) in [6.07, 6.45) is 0. The molecule has 4 rings (SSSR count). The van der Waals surface area contributed by atoms with Crippen LogP contribution in [0.4, 0.5) is 22.7 Å². The molecular formula is C24H18N4O5. The monoisotopic (exact) mass is 442 g/mol. The van der Waals surface area contributed by atoms with Crippen molar-refractivity contribution in [1.82, 2.24) is 0 Å². The Labute approximate surface area is 188 Å². The summed E-state index contributed by atoms with van der Waals surface area (Å²) in [5.74, 6) is -0.198. The second-order valence-electron chi connectivity index (χ2n) is 7.00. The Bertz CT molecular complexity index is 1370. The van der Waals surface area contributed by atoms with Crippen molar-refractivity contribution in [2.75, 3.05) is 12.4 Å². The summed E-state index contributed by atoms with van der Waals surface area (Å²) in [7, 11) is 1.55. The van der Waals surface area contributed by atoms with Crippen LogP contribution in [0, 0.1) is 10.1 Å². The number of azo groups is 1. The number of methoxy groups -OCH3 is 1. The fourth-order valence-corrected chi connectivity index (χ4v) is 3.21. The Morgan fingerprint density at radius 2 is 1.70 bits per heavy atom. The van der Waals surface area contributed by atoms with Crippen LogP contribution in [0.5, 0.6) is 11.5 Å². The molecular weight excluding hydrogens is 424 g/mol. The molecule has 2 N–H and O–H groups in total. The molecule has 0 bridgehead atoms. The standard InChI is InChI=1S/C24H18N4O5/c1-33-19-12-8-16(9-13-19)25-24(30)21-14-15-4-2-3-5-20(15)22(23(21)29)27-26-17-6-10-18(11-7-17)28(31)32/h2-14,29H,1H3,(H,25,30). The van der Waals surface area contributed by atoms with Crippen molar-refractivity contribution >= 4 is 39.4 Å². The van der Waals surface area contributed by atoms with Crippen LogP contribution in [0.2, 0.25) is 0 Å². The second kappa shape index (κ2) is 9.15. The molecule has 0 spiro atoms. The number of hydrogen-bond acceptors (Lipinski definition) is 7. The number of nitro benzene ring substituents is 1. The number of ether oxygens (including phenoxy) is 1. The molecule has 0 saturated carbocycles. The van der Waals surface area contributed by atoms with Crippen molar-refractivity contribution in [1.29, 1.82) is 0 Å². The largest absolute Gasteiger partial charge is 0.505 e. The number of carbonyl (C=O) groups excluding carboxylic acids is 1. The van der Waals surface area contributed by atoms with Gasteiger partial charge in [-0.1, -0.05) is 24.3 Å². The number of amides is 1. The first-order chi connectivity index (χ1) is 16.0. The number of nitrogens with one attached hydrogen (secondary N) is 1. The number of fused-ring (bicyclic) bond motifs is 1. The minimum Gasteiger partial charge on any atom is -0.505 e. The summed E-state index contributed by atoms with van der Waals surface area (Å²) < 4.78 is 5.11. The van der Waals surface area contributed by atoms with Crippen LogP contribution in [0.15, 0.2) is 89.1 Å². The highest BCUT2D eigenvalue weighted by Gasteiger charge is 2.18. The van der Waals surface area contributed by atoms with E-state index in [9.17, 15) is 20.0 Å². The number of phenols is 1. The van der Waals surface area contributed by atoms with Gasteiger partial charge < -0.3 is 15.2 Å². The van der Waals surface area contributed by atoms with Gasteiger partial charge in [0.1, 0.15) is 11.4 Å². The molecule has 0 aliphatic rings. The Balaban J connectivity index is 1.70. The second-order valence-corrected chi connectivity index (χ2v) is 7.00. The van der Waals surface area contributed by atoms with E-state index in [2.05, 4.69) is 15.5 Å². The predicted octanol–water partition coefficient (Wildman–Crippen LogP) is 6.13. The van der Waals surface area contributed by atoms with Gasteiger partial charge in [0, 0.05) is 23.2 Å².